The number of sulfone groups is 1. The highest BCUT2D eigenvalue weighted by Gasteiger charge is 2.23. The van der Waals surface area contributed by atoms with Gasteiger partial charge in [0.05, 0.1) is 32.1 Å². The van der Waals surface area contributed by atoms with E-state index in [1.54, 1.807) is 31.4 Å². The van der Waals surface area contributed by atoms with Crippen molar-refractivity contribution in [1.82, 2.24) is 10.2 Å². The highest BCUT2D eigenvalue weighted by molar-refractivity contribution is 7.89. The fourth-order valence-electron chi connectivity index (χ4n) is 3.52. The summed E-state index contributed by atoms with van der Waals surface area (Å²) in [6, 6.07) is 14.6. The van der Waals surface area contributed by atoms with Gasteiger partial charge in [0.25, 0.3) is 5.91 Å². The minimum Gasteiger partial charge on any atom is -0.497 e. The number of amides is 1. The largest absolute Gasteiger partial charge is 0.497 e. The molecule has 1 fully saturated rings. The number of hydrogen-bond donors (Lipinski definition) is 1. The lowest BCUT2D eigenvalue weighted by Gasteiger charge is -2.35. The average Bonchev–Trinajstić information content (AvgIpc) is 2.74. The van der Waals surface area contributed by atoms with Gasteiger partial charge in [-0.2, -0.15) is 0 Å². The van der Waals surface area contributed by atoms with E-state index >= 15 is 0 Å². The van der Waals surface area contributed by atoms with Crippen LogP contribution >= 0.6 is 0 Å². The number of carbonyl (C=O) groups excluding carboxylic acids is 1. The minimum absolute atomic E-state index is 0.0215. The second kappa shape index (κ2) is 10.1. The van der Waals surface area contributed by atoms with Crippen LogP contribution in [0.25, 0.3) is 0 Å². The van der Waals surface area contributed by atoms with Crippen molar-refractivity contribution < 1.29 is 22.7 Å². The van der Waals surface area contributed by atoms with Crippen LogP contribution in [0.3, 0.4) is 0 Å². The molecule has 0 saturated carbocycles. The standard InChI is InChI=1S/C22H28N2O5S/c1-28-20-9-7-18(8-10-20)21(24-11-13-29-14-12-24)15-23-22(25)19-5-3-17(4-6-19)16-30(2,26)27/h3-10,21H,11-16H2,1-2H3,(H,23,25)/t21-/m1/s1. The molecule has 0 aromatic heterocycles. The van der Waals surface area contributed by atoms with Crippen LogP contribution in [0.2, 0.25) is 0 Å². The average molecular weight is 433 g/mol. The number of hydrogen-bond acceptors (Lipinski definition) is 6. The third-order valence-electron chi connectivity index (χ3n) is 5.09. The number of carbonyl (C=O) groups is 1. The van der Waals surface area contributed by atoms with E-state index in [1.165, 1.54) is 6.26 Å². The minimum atomic E-state index is -3.11. The lowest BCUT2D eigenvalue weighted by Crippen LogP contribution is -2.43. The molecule has 1 N–H and O–H groups in total. The third-order valence-corrected chi connectivity index (χ3v) is 5.95. The summed E-state index contributed by atoms with van der Waals surface area (Å²) in [5.74, 6) is 0.566. The summed E-state index contributed by atoms with van der Waals surface area (Å²) in [6.07, 6.45) is 1.19. The maximum absolute atomic E-state index is 12.7. The fourth-order valence-corrected chi connectivity index (χ4v) is 4.32. The van der Waals surface area contributed by atoms with Crippen LogP contribution in [-0.2, 0) is 20.3 Å². The molecule has 0 radical (unpaired) electrons. The van der Waals surface area contributed by atoms with Crippen LogP contribution in [0.4, 0.5) is 0 Å². The van der Waals surface area contributed by atoms with E-state index in [4.69, 9.17) is 9.47 Å². The summed E-state index contributed by atoms with van der Waals surface area (Å²) in [5.41, 5.74) is 2.27. The Hall–Kier alpha value is -2.42. The number of benzene rings is 2. The maximum Gasteiger partial charge on any atom is 0.251 e. The lowest BCUT2D eigenvalue weighted by molar-refractivity contribution is 0.0162. The van der Waals surface area contributed by atoms with Gasteiger partial charge in [0.1, 0.15) is 5.75 Å². The summed E-state index contributed by atoms with van der Waals surface area (Å²) < 4.78 is 33.6. The monoisotopic (exact) mass is 432 g/mol. The van der Waals surface area contributed by atoms with Gasteiger partial charge < -0.3 is 14.8 Å². The Morgan fingerprint density at radius 3 is 2.30 bits per heavy atom. The molecule has 0 unspecified atom stereocenters. The molecule has 0 aliphatic carbocycles. The number of rotatable bonds is 8. The smallest absolute Gasteiger partial charge is 0.251 e. The predicted octanol–water partition coefficient (Wildman–Crippen LogP) is 2.04. The van der Waals surface area contributed by atoms with Crippen molar-refractivity contribution in [3.05, 3.63) is 65.2 Å². The van der Waals surface area contributed by atoms with Crippen molar-refractivity contribution >= 4 is 15.7 Å². The van der Waals surface area contributed by atoms with Crippen LogP contribution in [-0.4, -0.2) is 65.4 Å². The van der Waals surface area contributed by atoms with Gasteiger partial charge in [0.2, 0.25) is 0 Å². The molecule has 0 bridgehead atoms. The van der Waals surface area contributed by atoms with Crippen LogP contribution in [0.5, 0.6) is 5.75 Å². The molecule has 2 aromatic rings. The van der Waals surface area contributed by atoms with E-state index in [-0.39, 0.29) is 17.7 Å². The van der Waals surface area contributed by atoms with Crippen LogP contribution < -0.4 is 10.1 Å². The highest BCUT2D eigenvalue weighted by Crippen LogP contribution is 2.24. The number of ether oxygens (including phenoxy) is 2. The van der Waals surface area contributed by atoms with Gasteiger partial charge in [-0.3, -0.25) is 9.69 Å². The van der Waals surface area contributed by atoms with E-state index in [0.717, 1.165) is 24.4 Å². The van der Waals surface area contributed by atoms with Gasteiger partial charge in [-0.15, -0.1) is 0 Å². The van der Waals surface area contributed by atoms with E-state index < -0.39 is 9.84 Å². The molecule has 0 spiro atoms. The van der Waals surface area contributed by atoms with Gasteiger partial charge in [-0.1, -0.05) is 24.3 Å². The Kier molecular flexibility index (Phi) is 7.47. The predicted molar refractivity (Wildman–Crippen MR) is 115 cm³/mol. The van der Waals surface area contributed by atoms with Crippen LogP contribution in [0.1, 0.15) is 27.5 Å². The van der Waals surface area contributed by atoms with Crippen molar-refractivity contribution in [2.24, 2.45) is 0 Å². The van der Waals surface area contributed by atoms with E-state index in [1.807, 2.05) is 24.3 Å². The highest BCUT2D eigenvalue weighted by atomic mass is 32.2. The Bertz CT molecular complexity index is 936. The summed E-state index contributed by atoms with van der Waals surface area (Å²) in [4.78, 5) is 15.0. The van der Waals surface area contributed by atoms with Gasteiger partial charge in [0, 0.05) is 31.5 Å². The third kappa shape index (κ3) is 6.29. The first kappa shape index (κ1) is 22.3. The molecule has 162 valence electrons. The second-order valence-corrected chi connectivity index (χ2v) is 9.55. The van der Waals surface area contributed by atoms with E-state index in [9.17, 15) is 13.2 Å². The number of methoxy groups -OCH3 is 1. The Morgan fingerprint density at radius 1 is 1.10 bits per heavy atom. The second-order valence-electron chi connectivity index (χ2n) is 7.41. The molecule has 30 heavy (non-hydrogen) atoms. The molecular formula is C22H28N2O5S. The maximum atomic E-state index is 12.7. The molecule has 8 heteroatoms. The molecule has 1 atom stereocenters. The summed E-state index contributed by atoms with van der Waals surface area (Å²) in [7, 11) is -1.47. The first-order chi connectivity index (χ1) is 14.4. The summed E-state index contributed by atoms with van der Waals surface area (Å²) in [6.45, 7) is 3.39. The SMILES string of the molecule is COc1ccc([C@@H](CNC(=O)c2ccc(CS(C)(=O)=O)cc2)N2CCOCC2)cc1. The molecule has 3 rings (SSSR count). The molecule has 1 heterocycles. The van der Waals surface area contributed by atoms with Crippen molar-refractivity contribution in [2.45, 2.75) is 11.8 Å². The molecule has 1 saturated heterocycles. The summed E-state index contributed by atoms with van der Waals surface area (Å²) in [5, 5.41) is 3.02. The van der Waals surface area contributed by atoms with Crippen LogP contribution in [0.15, 0.2) is 48.5 Å². The van der Waals surface area contributed by atoms with Gasteiger partial charge >= 0.3 is 0 Å². The Morgan fingerprint density at radius 2 is 1.73 bits per heavy atom. The van der Waals surface area contributed by atoms with E-state index in [2.05, 4.69) is 10.2 Å². The normalized spacial score (nSPS) is 16.1. The number of nitrogens with zero attached hydrogens (tertiary/aromatic N) is 1. The van der Waals surface area contributed by atoms with E-state index in [0.29, 0.717) is 30.9 Å². The number of morpholine rings is 1. The van der Waals surface area contributed by atoms with Crippen molar-refractivity contribution in [3.8, 4) is 5.75 Å². The topological polar surface area (TPSA) is 84.9 Å². The van der Waals surface area contributed by atoms with Crippen LogP contribution in [0, 0.1) is 0 Å². The van der Waals surface area contributed by atoms with Gasteiger partial charge in [-0.05, 0) is 35.4 Å². The van der Waals surface area contributed by atoms with Gasteiger partial charge in [0.15, 0.2) is 9.84 Å². The molecular weight excluding hydrogens is 404 g/mol. The molecule has 1 aliphatic heterocycles. The molecule has 1 amide bonds. The fraction of sp³-hybridized carbons (Fsp3) is 0.409. The molecule has 7 nitrogen and oxygen atoms in total. The van der Waals surface area contributed by atoms with Crippen molar-refractivity contribution in [2.75, 3.05) is 46.2 Å². The lowest BCUT2D eigenvalue weighted by atomic mass is 10.0. The quantitative estimate of drug-likeness (QED) is 0.687. The first-order valence-corrected chi connectivity index (χ1v) is 11.9. The Balaban J connectivity index is 1.68. The Labute approximate surface area is 177 Å². The summed E-state index contributed by atoms with van der Waals surface area (Å²) >= 11 is 0. The van der Waals surface area contributed by atoms with Gasteiger partial charge in [-0.25, -0.2) is 8.42 Å². The first-order valence-electron chi connectivity index (χ1n) is 9.86. The number of nitrogens with one attached hydrogen (secondary N) is 1. The van der Waals surface area contributed by atoms with Crippen molar-refractivity contribution in [3.63, 3.8) is 0 Å². The molecule has 1 aliphatic rings. The zero-order chi connectivity index (χ0) is 21.6. The zero-order valence-corrected chi connectivity index (χ0v) is 18.2. The zero-order valence-electron chi connectivity index (χ0n) is 17.3. The van der Waals surface area contributed by atoms with Crippen molar-refractivity contribution in [1.29, 1.82) is 0 Å². The molecule has 2 aromatic carbocycles.